The average molecular weight is 432 g/mol. The summed E-state index contributed by atoms with van der Waals surface area (Å²) in [5.41, 5.74) is 6.16. The molecule has 0 spiro atoms. The second-order valence-corrected chi connectivity index (χ2v) is 9.20. The molecule has 1 fully saturated rings. The van der Waals surface area contributed by atoms with E-state index in [-0.39, 0.29) is 0 Å². The normalized spacial score (nSPS) is 28.0. The number of ether oxygens (including phenoxy) is 1. The maximum atomic E-state index is 10.1. The van der Waals surface area contributed by atoms with Gasteiger partial charge in [0.05, 0.1) is 6.61 Å². The SMILES string of the molecule is CCCCCCCCCCCCCCCCCC(N)C1O[C@H](CO)[C@@H](O)[C@H](O)[C@H]1O. The number of nitrogens with two attached hydrogens (primary N) is 1. The van der Waals surface area contributed by atoms with Crippen LogP contribution >= 0.6 is 0 Å². The second kappa shape index (κ2) is 17.3. The predicted octanol–water partition coefficient (Wildman–Crippen LogP) is 3.42. The Balaban J connectivity index is 1.96. The minimum absolute atomic E-state index is 0.410. The van der Waals surface area contributed by atoms with Crippen molar-refractivity contribution in [2.24, 2.45) is 5.73 Å². The number of aliphatic hydroxyl groups is 4. The van der Waals surface area contributed by atoms with Crippen molar-refractivity contribution in [1.29, 1.82) is 0 Å². The summed E-state index contributed by atoms with van der Waals surface area (Å²) in [6, 6.07) is -0.418. The number of rotatable bonds is 18. The monoisotopic (exact) mass is 431 g/mol. The molecule has 0 amide bonds. The maximum absolute atomic E-state index is 10.1. The molecule has 0 aromatic carbocycles. The van der Waals surface area contributed by atoms with Crippen LogP contribution in [0.5, 0.6) is 0 Å². The van der Waals surface area contributed by atoms with Gasteiger partial charge in [0.1, 0.15) is 30.5 Å². The topological polar surface area (TPSA) is 116 Å². The van der Waals surface area contributed by atoms with Gasteiger partial charge >= 0.3 is 0 Å². The highest BCUT2D eigenvalue weighted by molar-refractivity contribution is 4.95. The van der Waals surface area contributed by atoms with Gasteiger partial charge in [0.15, 0.2) is 0 Å². The van der Waals surface area contributed by atoms with E-state index in [9.17, 15) is 20.4 Å². The summed E-state index contributed by atoms with van der Waals surface area (Å²) < 4.78 is 5.53. The van der Waals surface area contributed by atoms with E-state index in [1.54, 1.807) is 0 Å². The lowest BCUT2D eigenvalue weighted by Crippen LogP contribution is -2.62. The summed E-state index contributed by atoms with van der Waals surface area (Å²) >= 11 is 0. The highest BCUT2D eigenvalue weighted by atomic mass is 16.5. The third-order valence-corrected chi connectivity index (χ3v) is 6.49. The molecule has 30 heavy (non-hydrogen) atoms. The Hall–Kier alpha value is -0.240. The van der Waals surface area contributed by atoms with Gasteiger partial charge in [-0.25, -0.2) is 0 Å². The molecule has 1 rings (SSSR count). The van der Waals surface area contributed by atoms with Gasteiger partial charge in [0, 0.05) is 6.04 Å². The van der Waals surface area contributed by atoms with Crippen molar-refractivity contribution in [3.63, 3.8) is 0 Å². The largest absolute Gasteiger partial charge is 0.394 e. The van der Waals surface area contributed by atoms with Crippen molar-refractivity contribution < 1.29 is 25.2 Å². The molecule has 6 heteroatoms. The number of hydrogen-bond donors (Lipinski definition) is 5. The van der Waals surface area contributed by atoms with Crippen LogP contribution < -0.4 is 5.73 Å². The number of hydrogen-bond acceptors (Lipinski definition) is 6. The maximum Gasteiger partial charge on any atom is 0.111 e. The molecule has 1 saturated heterocycles. The van der Waals surface area contributed by atoms with E-state index in [4.69, 9.17) is 10.5 Å². The third-order valence-electron chi connectivity index (χ3n) is 6.49. The van der Waals surface area contributed by atoms with E-state index in [1.807, 2.05) is 0 Å². The lowest BCUT2D eigenvalue weighted by atomic mass is 9.89. The van der Waals surface area contributed by atoms with Crippen molar-refractivity contribution in [2.75, 3.05) is 6.61 Å². The van der Waals surface area contributed by atoms with Crippen LogP contribution in [0.3, 0.4) is 0 Å². The third kappa shape index (κ3) is 10.9. The Kier molecular flexibility index (Phi) is 16.1. The Morgan fingerprint density at radius 1 is 0.667 bits per heavy atom. The number of aliphatic hydroxyl groups excluding tert-OH is 4. The van der Waals surface area contributed by atoms with Gasteiger partial charge in [-0.1, -0.05) is 103 Å². The first-order valence-corrected chi connectivity index (χ1v) is 12.6. The minimum Gasteiger partial charge on any atom is -0.394 e. The first kappa shape index (κ1) is 27.8. The zero-order chi connectivity index (χ0) is 22.2. The second-order valence-electron chi connectivity index (χ2n) is 9.20. The molecule has 0 bridgehead atoms. The van der Waals surface area contributed by atoms with Crippen LogP contribution in [0, 0.1) is 0 Å². The average Bonchev–Trinajstić information content (AvgIpc) is 2.75. The fourth-order valence-corrected chi connectivity index (χ4v) is 4.40. The Morgan fingerprint density at radius 3 is 1.53 bits per heavy atom. The predicted molar refractivity (Wildman–Crippen MR) is 121 cm³/mol. The highest BCUT2D eigenvalue weighted by Gasteiger charge is 2.45. The molecule has 6 atom stereocenters. The zero-order valence-corrected chi connectivity index (χ0v) is 19.3. The molecule has 6 nitrogen and oxygen atoms in total. The van der Waals surface area contributed by atoms with E-state index in [1.165, 1.54) is 83.5 Å². The van der Waals surface area contributed by atoms with E-state index < -0.39 is 43.2 Å². The van der Waals surface area contributed by atoms with Crippen molar-refractivity contribution >= 4 is 0 Å². The quantitative estimate of drug-likeness (QED) is 0.212. The molecule has 0 radical (unpaired) electrons. The summed E-state index contributed by atoms with van der Waals surface area (Å²) in [5, 5.41) is 39.1. The van der Waals surface area contributed by atoms with Crippen LogP contribution in [0.2, 0.25) is 0 Å². The molecule has 6 N–H and O–H groups in total. The van der Waals surface area contributed by atoms with Crippen LogP contribution in [0.4, 0.5) is 0 Å². The molecule has 1 heterocycles. The fraction of sp³-hybridized carbons (Fsp3) is 1.00. The van der Waals surface area contributed by atoms with Gasteiger partial charge in [-0.15, -0.1) is 0 Å². The molecule has 0 aliphatic carbocycles. The molecule has 2 unspecified atom stereocenters. The first-order valence-electron chi connectivity index (χ1n) is 12.6. The summed E-state index contributed by atoms with van der Waals surface area (Å²) in [6.45, 7) is 1.85. The Morgan fingerprint density at radius 2 is 1.10 bits per heavy atom. The molecule has 180 valence electrons. The van der Waals surface area contributed by atoms with Gasteiger partial charge in [0.2, 0.25) is 0 Å². The van der Waals surface area contributed by atoms with Gasteiger partial charge < -0.3 is 30.9 Å². The summed E-state index contributed by atoms with van der Waals surface area (Å²) in [5.74, 6) is 0. The first-order chi connectivity index (χ1) is 14.5. The van der Waals surface area contributed by atoms with Crippen molar-refractivity contribution in [2.45, 2.75) is 146 Å². The van der Waals surface area contributed by atoms with E-state index in [0.29, 0.717) is 6.42 Å². The highest BCUT2D eigenvalue weighted by Crippen LogP contribution is 2.24. The molecule has 1 aliphatic rings. The van der Waals surface area contributed by atoms with Crippen molar-refractivity contribution in [3.05, 3.63) is 0 Å². The smallest absolute Gasteiger partial charge is 0.111 e. The van der Waals surface area contributed by atoms with E-state index >= 15 is 0 Å². The van der Waals surface area contributed by atoms with Gasteiger partial charge in [-0.05, 0) is 6.42 Å². The zero-order valence-electron chi connectivity index (χ0n) is 19.3. The van der Waals surface area contributed by atoms with E-state index in [0.717, 1.165) is 12.8 Å². The fourth-order valence-electron chi connectivity index (χ4n) is 4.40. The molecule has 0 aromatic heterocycles. The molecule has 0 saturated carbocycles. The van der Waals surface area contributed by atoms with Crippen LogP contribution in [0.15, 0.2) is 0 Å². The molecular weight excluding hydrogens is 382 g/mol. The van der Waals surface area contributed by atoms with Crippen LogP contribution in [0.1, 0.15) is 110 Å². The standard InChI is InChI=1S/C24H49NO5/c1-2-3-4-5-6-7-8-9-10-11-12-13-14-15-16-17-19(25)24-23(29)22(28)21(27)20(18-26)30-24/h19-24,26-29H,2-18,25H2,1H3/t19?,20-,21-,22+,23-,24?/m1/s1. The van der Waals surface area contributed by atoms with Crippen LogP contribution in [-0.4, -0.2) is 63.6 Å². The van der Waals surface area contributed by atoms with Crippen LogP contribution in [0.25, 0.3) is 0 Å². The summed E-state index contributed by atoms with van der Waals surface area (Å²) in [7, 11) is 0. The Labute approximate surface area is 184 Å². The van der Waals surface area contributed by atoms with Gasteiger partial charge in [-0.3, -0.25) is 0 Å². The van der Waals surface area contributed by atoms with E-state index in [2.05, 4.69) is 6.92 Å². The summed E-state index contributed by atoms with van der Waals surface area (Å²) in [6.07, 6.45) is 14.8. The van der Waals surface area contributed by atoms with Crippen LogP contribution in [-0.2, 0) is 4.74 Å². The van der Waals surface area contributed by atoms with Gasteiger partial charge in [-0.2, -0.15) is 0 Å². The lowest BCUT2D eigenvalue weighted by Gasteiger charge is -2.42. The van der Waals surface area contributed by atoms with Crippen molar-refractivity contribution in [1.82, 2.24) is 0 Å². The number of unbranched alkanes of at least 4 members (excludes halogenated alkanes) is 14. The molecular formula is C24H49NO5. The molecule has 1 aliphatic heterocycles. The minimum atomic E-state index is -1.34. The lowest BCUT2D eigenvalue weighted by molar-refractivity contribution is -0.233. The molecule has 0 aromatic rings. The Bertz CT molecular complexity index is 396. The van der Waals surface area contributed by atoms with Crippen molar-refractivity contribution in [3.8, 4) is 0 Å². The van der Waals surface area contributed by atoms with Gasteiger partial charge in [0.25, 0.3) is 0 Å². The summed E-state index contributed by atoms with van der Waals surface area (Å²) in [4.78, 5) is 0.